The van der Waals surface area contributed by atoms with Gasteiger partial charge in [-0.25, -0.2) is 4.98 Å². The molecule has 2 heterocycles. The molecule has 86 valence electrons. The smallest absolute Gasteiger partial charge is 0.257 e. The Morgan fingerprint density at radius 1 is 1.69 bits per heavy atom. The summed E-state index contributed by atoms with van der Waals surface area (Å²) in [6.07, 6.45) is 1.39. The molecule has 3 N–H and O–H groups in total. The number of hydrogen-bond acceptors (Lipinski definition) is 4. The molecule has 1 aromatic rings. The van der Waals surface area contributed by atoms with Gasteiger partial charge >= 0.3 is 0 Å². The Hall–Kier alpha value is -1.33. The van der Waals surface area contributed by atoms with Gasteiger partial charge in [0.25, 0.3) is 5.91 Å². The highest BCUT2D eigenvalue weighted by Crippen LogP contribution is 2.25. The SMILES string of the molecule is CC1(O)CN(C(=O)c2cc(N)cnc2Cl)C1. The first-order chi connectivity index (χ1) is 7.39. The molecule has 16 heavy (non-hydrogen) atoms. The van der Waals surface area contributed by atoms with Crippen LogP contribution < -0.4 is 5.73 Å². The highest BCUT2D eigenvalue weighted by atomic mass is 35.5. The number of nitrogens with zero attached hydrogens (tertiary/aromatic N) is 2. The van der Waals surface area contributed by atoms with Crippen LogP contribution in [0.5, 0.6) is 0 Å². The fraction of sp³-hybridized carbons (Fsp3) is 0.400. The van der Waals surface area contributed by atoms with E-state index in [4.69, 9.17) is 17.3 Å². The van der Waals surface area contributed by atoms with E-state index in [0.29, 0.717) is 18.8 Å². The molecular weight excluding hydrogens is 230 g/mol. The number of halogens is 1. The monoisotopic (exact) mass is 241 g/mol. The molecule has 1 amide bonds. The molecule has 1 fully saturated rings. The van der Waals surface area contributed by atoms with Gasteiger partial charge in [-0.1, -0.05) is 11.6 Å². The molecule has 0 spiro atoms. The lowest BCUT2D eigenvalue weighted by molar-refractivity contribution is -0.0668. The summed E-state index contributed by atoms with van der Waals surface area (Å²) in [5.74, 6) is -0.253. The maximum Gasteiger partial charge on any atom is 0.257 e. The van der Waals surface area contributed by atoms with Gasteiger partial charge in [0, 0.05) is 0 Å². The minimum Gasteiger partial charge on any atom is -0.397 e. The first kappa shape index (κ1) is 11.2. The number of aromatic nitrogens is 1. The van der Waals surface area contributed by atoms with Crippen LogP contribution in [0.1, 0.15) is 17.3 Å². The number of nitrogen functional groups attached to an aromatic ring is 1. The van der Waals surface area contributed by atoms with Gasteiger partial charge in [-0.05, 0) is 13.0 Å². The third-order valence-electron chi connectivity index (χ3n) is 2.44. The molecule has 5 nitrogen and oxygen atoms in total. The Labute approximate surface area is 97.8 Å². The summed E-state index contributed by atoms with van der Waals surface area (Å²) in [7, 11) is 0. The summed E-state index contributed by atoms with van der Waals surface area (Å²) in [5, 5.41) is 9.67. The number of carbonyl (C=O) groups is 1. The molecule has 6 heteroatoms. The van der Waals surface area contributed by atoms with Crippen LogP contribution in [-0.4, -0.2) is 39.6 Å². The van der Waals surface area contributed by atoms with Gasteiger partial charge in [-0.15, -0.1) is 0 Å². The van der Waals surface area contributed by atoms with E-state index in [1.165, 1.54) is 17.2 Å². The Bertz CT molecular complexity index is 440. The average molecular weight is 242 g/mol. The van der Waals surface area contributed by atoms with Gasteiger partial charge in [0.2, 0.25) is 0 Å². The van der Waals surface area contributed by atoms with Crippen molar-refractivity contribution >= 4 is 23.2 Å². The molecule has 1 saturated heterocycles. The Morgan fingerprint density at radius 3 is 2.88 bits per heavy atom. The maximum atomic E-state index is 11.9. The maximum absolute atomic E-state index is 11.9. The quantitative estimate of drug-likeness (QED) is 0.703. The number of amides is 1. The van der Waals surface area contributed by atoms with E-state index in [-0.39, 0.29) is 16.6 Å². The molecule has 1 aliphatic rings. The summed E-state index contributed by atoms with van der Waals surface area (Å²) in [4.78, 5) is 17.2. The molecule has 0 radical (unpaired) electrons. The summed E-state index contributed by atoms with van der Waals surface area (Å²) < 4.78 is 0. The molecule has 2 rings (SSSR count). The molecule has 0 aliphatic carbocycles. The predicted octanol–water partition coefficient (Wildman–Crippen LogP) is 0.524. The second-order valence-electron chi connectivity index (χ2n) is 4.27. The number of nitrogens with two attached hydrogens (primary N) is 1. The molecular formula is C10H12ClN3O2. The normalized spacial score (nSPS) is 18.1. The average Bonchev–Trinajstić information content (AvgIpc) is 2.17. The van der Waals surface area contributed by atoms with Crippen molar-refractivity contribution < 1.29 is 9.90 Å². The van der Waals surface area contributed by atoms with Crippen LogP contribution in [0.3, 0.4) is 0 Å². The van der Waals surface area contributed by atoms with Gasteiger partial charge < -0.3 is 15.7 Å². The van der Waals surface area contributed by atoms with E-state index in [1.54, 1.807) is 6.92 Å². The van der Waals surface area contributed by atoms with Crippen LogP contribution in [0.15, 0.2) is 12.3 Å². The first-order valence-corrected chi connectivity index (χ1v) is 5.19. The molecule has 0 bridgehead atoms. The third kappa shape index (κ3) is 1.96. The van der Waals surface area contributed by atoms with Crippen LogP contribution in [0, 0.1) is 0 Å². The van der Waals surface area contributed by atoms with Crippen molar-refractivity contribution in [3.8, 4) is 0 Å². The zero-order chi connectivity index (χ0) is 11.9. The van der Waals surface area contributed by atoms with Crippen LogP contribution in [0.25, 0.3) is 0 Å². The third-order valence-corrected chi connectivity index (χ3v) is 2.74. The molecule has 1 aromatic heterocycles. The van der Waals surface area contributed by atoms with Crippen molar-refractivity contribution in [1.82, 2.24) is 9.88 Å². The van der Waals surface area contributed by atoms with Gasteiger partial charge in [-0.3, -0.25) is 4.79 Å². The van der Waals surface area contributed by atoms with E-state index in [9.17, 15) is 9.90 Å². The van der Waals surface area contributed by atoms with Gasteiger partial charge in [0.05, 0.1) is 36.1 Å². The number of rotatable bonds is 1. The van der Waals surface area contributed by atoms with Crippen molar-refractivity contribution in [1.29, 1.82) is 0 Å². The van der Waals surface area contributed by atoms with Crippen molar-refractivity contribution in [2.24, 2.45) is 0 Å². The number of anilines is 1. The minimum absolute atomic E-state index is 0.130. The number of β-amino-alcohol motifs (C(OH)–C–C–N with tert-alkyl or cyclic N) is 1. The topological polar surface area (TPSA) is 79.5 Å². The second-order valence-corrected chi connectivity index (χ2v) is 4.62. The summed E-state index contributed by atoms with van der Waals surface area (Å²) in [6.45, 7) is 2.28. The summed E-state index contributed by atoms with van der Waals surface area (Å²) >= 11 is 5.81. The second kappa shape index (κ2) is 3.61. The minimum atomic E-state index is -0.796. The predicted molar refractivity (Wildman–Crippen MR) is 60.2 cm³/mol. The Balaban J connectivity index is 2.19. The van der Waals surface area contributed by atoms with Crippen LogP contribution in [0.4, 0.5) is 5.69 Å². The van der Waals surface area contributed by atoms with E-state index < -0.39 is 5.60 Å². The zero-order valence-electron chi connectivity index (χ0n) is 8.77. The number of pyridine rings is 1. The molecule has 0 atom stereocenters. The molecule has 0 unspecified atom stereocenters. The van der Waals surface area contributed by atoms with Crippen LogP contribution in [0.2, 0.25) is 5.15 Å². The zero-order valence-corrected chi connectivity index (χ0v) is 9.53. The summed E-state index contributed by atoms with van der Waals surface area (Å²) in [6, 6.07) is 1.49. The van der Waals surface area contributed by atoms with E-state index in [0.717, 1.165) is 0 Å². The molecule has 0 aromatic carbocycles. The highest BCUT2D eigenvalue weighted by molar-refractivity contribution is 6.32. The van der Waals surface area contributed by atoms with Crippen molar-refractivity contribution in [3.05, 3.63) is 23.0 Å². The standard InChI is InChI=1S/C10H12ClN3O2/c1-10(16)4-14(5-10)9(15)7-2-6(12)3-13-8(7)11/h2-3,16H,4-5,12H2,1H3. The number of likely N-dealkylation sites (tertiary alicyclic amines) is 1. The van der Waals surface area contributed by atoms with Gasteiger partial charge in [-0.2, -0.15) is 0 Å². The fourth-order valence-corrected chi connectivity index (χ4v) is 1.89. The largest absolute Gasteiger partial charge is 0.397 e. The number of carbonyl (C=O) groups excluding carboxylic acids is 1. The van der Waals surface area contributed by atoms with Crippen molar-refractivity contribution in [2.45, 2.75) is 12.5 Å². The molecule has 1 aliphatic heterocycles. The van der Waals surface area contributed by atoms with E-state index in [1.807, 2.05) is 0 Å². The summed E-state index contributed by atoms with van der Waals surface area (Å²) in [5.41, 5.74) is 5.41. The van der Waals surface area contributed by atoms with E-state index in [2.05, 4.69) is 4.98 Å². The lowest BCUT2D eigenvalue weighted by Gasteiger charge is -2.44. The van der Waals surface area contributed by atoms with Gasteiger partial charge in [0.1, 0.15) is 5.15 Å². The number of hydrogen-bond donors (Lipinski definition) is 2. The van der Waals surface area contributed by atoms with Crippen LogP contribution >= 0.6 is 11.6 Å². The first-order valence-electron chi connectivity index (χ1n) is 4.82. The lowest BCUT2D eigenvalue weighted by atomic mass is 9.96. The van der Waals surface area contributed by atoms with Crippen LogP contribution in [-0.2, 0) is 0 Å². The van der Waals surface area contributed by atoms with Crippen molar-refractivity contribution in [2.75, 3.05) is 18.8 Å². The lowest BCUT2D eigenvalue weighted by Crippen LogP contribution is -2.61. The Kier molecular flexibility index (Phi) is 2.52. The Morgan fingerprint density at radius 2 is 2.31 bits per heavy atom. The van der Waals surface area contributed by atoms with E-state index >= 15 is 0 Å². The van der Waals surface area contributed by atoms with Crippen molar-refractivity contribution in [3.63, 3.8) is 0 Å². The fourth-order valence-electron chi connectivity index (χ4n) is 1.70. The molecule has 0 saturated carbocycles. The number of aliphatic hydroxyl groups is 1. The van der Waals surface area contributed by atoms with Gasteiger partial charge in [0.15, 0.2) is 0 Å². The highest BCUT2D eigenvalue weighted by Gasteiger charge is 2.40.